The molecule has 6 nitrogen and oxygen atoms in total. The Morgan fingerprint density at radius 3 is 2.70 bits per heavy atom. The summed E-state index contributed by atoms with van der Waals surface area (Å²) in [6.07, 6.45) is 0. The highest BCUT2D eigenvalue weighted by atomic mass is 32.2. The molecule has 1 aromatic carbocycles. The van der Waals surface area contributed by atoms with E-state index in [0.29, 0.717) is 19.7 Å². The number of carbonyl (C=O) groups excluding carboxylic acids is 1. The van der Waals surface area contributed by atoms with Crippen molar-refractivity contribution in [2.75, 3.05) is 37.7 Å². The molecule has 0 radical (unpaired) electrons. The van der Waals surface area contributed by atoms with Gasteiger partial charge in [-0.3, -0.25) is 9.69 Å². The molecule has 1 amide bonds. The van der Waals surface area contributed by atoms with Gasteiger partial charge in [-0.25, -0.2) is 8.42 Å². The van der Waals surface area contributed by atoms with Crippen LogP contribution in [0.4, 0.5) is 0 Å². The molecule has 3 rings (SSSR count). The summed E-state index contributed by atoms with van der Waals surface area (Å²) < 4.78 is 28.6. The van der Waals surface area contributed by atoms with Crippen molar-refractivity contribution in [3.8, 4) is 5.75 Å². The van der Waals surface area contributed by atoms with E-state index in [1.54, 1.807) is 0 Å². The van der Waals surface area contributed by atoms with Gasteiger partial charge in [0, 0.05) is 18.7 Å². The van der Waals surface area contributed by atoms with E-state index in [-0.39, 0.29) is 30.0 Å². The summed E-state index contributed by atoms with van der Waals surface area (Å²) in [4.78, 5) is 14.1. The maximum atomic E-state index is 12.2. The average Bonchev–Trinajstić information content (AvgIpc) is 2.89. The zero-order valence-electron chi connectivity index (χ0n) is 13.5. The first kappa shape index (κ1) is 16.3. The van der Waals surface area contributed by atoms with Crippen LogP contribution in [0.25, 0.3) is 0 Å². The van der Waals surface area contributed by atoms with Gasteiger partial charge < -0.3 is 10.1 Å². The zero-order chi connectivity index (χ0) is 16.6. The molecule has 23 heavy (non-hydrogen) atoms. The number of amides is 1. The highest BCUT2D eigenvalue weighted by Gasteiger charge is 2.29. The van der Waals surface area contributed by atoms with E-state index in [9.17, 15) is 13.2 Å². The molecule has 0 unspecified atom stereocenters. The maximum absolute atomic E-state index is 12.2. The summed E-state index contributed by atoms with van der Waals surface area (Å²) in [6, 6.07) is 3.91. The van der Waals surface area contributed by atoms with Gasteiger partial charge in [0.2, 0.25) is 5.91 Å². The number of nitrogens with one attached hydrogen (secondary N) is 1. The van der Waals surface area contributed by atoms with E-state index < -0.39 is 9.84 Å². The quantitative estimate of drug-likeness (QED) is 0.873. The Bertz CT molecular complexity index is 716. The topological polar surface area (TPSA) is 75.7 Å². The van der Waals surface area contributed by atoms with Gasteiger partial charge in [0.05, 0.1) is 24.1 Å². The normalized spacial score (nSPS) is 23.1. The lowest BCUT2D eigenvalue weighted by molar-refractivity contribution is -0.123. The van der Waals surface area contributed by atoms with E-state index >= 15 is 0 Å². The van der Waals surface area contributed by atoms with Crippen molar-refractivity contribution >= 4 is 15.7 Å². The van der Waals surface area contributed by atoms with Crippen LogP contribution in [-0.4, -0.2) is 57.0 Å². The molecule has 0 aliphatic carbocycles. The van der Waals surface area contributed by atoms with Crippen molar-refractivity contribution in [2.24, 2.45) is 0 Å². The lowest BCUT2D eigenvalue weighted by Gasteiger charge is -2.26. The molecule has 2 heterocycles. The molecule has 1 atom stereocenters. The third-order valence-electron chi connectivity index (χ3n) is 4.62. The number of nitrogens with zero attached hydrogens (tertiary/aromatic N) is 1. The molecule has 2 aliphatic rings. The van der Waals surface area contributed by atoms with E-state index in [0.717, 1.165) is 16.9 Å². The molecular weight excluding hydrogens is 316 g/mol. The van der Waals surface area contributed by atoms with Gasteiger partial charge in [0.1, 0.15) is 12.4 Å². The van der Waals surface area contributed by atoms with Crippen LogP contribution in [0.1, 0.15) is 22.7 Å². The number of sulfone groups is 1. The number of aryl methyl sites for hydroxylation is 1. The Balaban J connectivity index is 1.59. The fourth-order valence-corrected chi connectivity index (χ4v) is 4.28. The standard InChI is InChI=1S/C16H22N2O4S/c1-11-3-4-13-14(10-22-16(13)12(11)2)17-15(19)9-18-5-7-23(20,21)8-6-18/h3-4,14H,5-10H2,1-2H3,(H,17,19)/t14-/m1/s1. The van der Waals surface area contributed by atoms with Gasteiger partial charge in [-0.1, -0.05) is 12.1 Å². The summed E-state index contributed by atoms with van der Waals surface area (Å²) in [6.45, 7) is 5.57. The number of fused-ring (bicyclic) bond motifs is 1. The summed E-state index contributed by atoms with van der Waals surface area (Å²) in [5, 5.41) is 2.99. The SMILES string of the molecule is Cc1ccc2c(c1C)OC[C@H]2NC(=O)CN1CCS(=O)(=O)CC1. The minimum atomic E-state index is -2.92. The van der Waals surface area contributed by atoms with Crippen molar-refractivity contribution in [3.63, 3.8) is 0 Å². The number of ether oxygens (including phenoxy) is 1. The number of benzene rings is 1. The molecule has 2 aliphatic heterocycles. The van der Waals surface area contributed by atoms with Crippen molar-refractivity contribution in [3.05, 3.63) is 28.8 Å². The first-order chi connectivity index (χ1) is 10.9. The van der Waals surface area contributed by atoms with Crippen LogP contribution < -0.4 is 10.1 Å². The van der Waals surface area contributed by atoms with Crippen LogP contribution in [-0.2, 0) is 14.6 Å². The van der Waals surface area contributed by atoms with Gasteiger partial charge in [0.25, 0.3) is 0 Å². The molecule has 0 saturated carbocycles. The fourth-order valence-electron chi connectivity index (χ4n) is 3.00. The van der Waals surface area contributed by atoms with Crippen LogP contribution in [0.15, 0.2) is 12.1 Å². The first-order valence-corrected chi connectivity index (χ1v) is 9.63. The second-order valence-corrected chi connectivity index (χ2v) is 8.59. The predicted molar refractivity (Wildman–Crippen MR) is 87.4 cm³/mol. The number of carbonyl (C=O) groups is 1. The van der Waals surface area contributed by atoms with E-state index in [1.165, 1.54) is 5.56 Å². The minimum Gasteiger partial charge on any atom is -0.490 e. The molecule has 1 fully saturated rings. The lowest BCUT2D eigenvalue weighted by atomic mass is 10.0. The van der Waals surface area contributed by atoms with Crippen molar-refractivity contribution in [2.45, 2.75) is 19.9 Å². The Morgan fingerprint density at radius 2 is 2.00 bits per heavy atom. The van der Waals surface area contributed by atoms with Gasteiger partial charge in [-0.05, 0) is 25.0 Å². The molecule has 7 heteroatoms. The molecule has 1 N–H and O–H groups in total. The predicted octanol–water partition coefficient (Wildman–Crippen LogP) is 0.584. The largest absolute Gasteiger partial charge is 0.490 e. The van der Waals surface area contributed by atoms with Crippen LogP contribution in [0.2, 0.25) is 0 Å². The van der Waals surface area contributed by atoms with Crippen LogP contribution in [0.5, 0.6) is 5.75 Å². The third-order valence-corrected chi connectivity index (χ3v) is 6.23. The fraction of sp³-hybridized carbons (Fsp3) is 0.562. The van der Waals surface area contributed by atoms with Crippen LogP contribution >= 0.6 is 0 Å². The monoisotopic (exact) mass is 338 g/mol. The average molecular weight is 338 g/mol. The summed E-state index contributed by atoms with van der Waals surface area (Å²) in [7, 11) is -2.92. The number of rotatable bonds is 3. The van der Waals surface area contributed by atoms with Crippen molar-refractivity contribution in [1.82, 2.24) is 10.2 Å². The van der Waals surface area contributed by atoms with Crippen molar-refractivity contribution in [1.29, 1.82) is 0 Å². The third kappa shape index (κ3) is 3.50. The van der Waals surface area contributed by atoms with Gasteiger partial charge in [-0.15, -0.1) is 0 Å². The Labute approximate surface area is 136 Å². The first-order valence-electron chi connectivity index (χ1n) is 7.81. The van der Waals surface area contributed by atoms with E-state index in [4.69, 9.17) is 4.74 Å². The highest BCUT2D eigenvalue weighted by molar-refractivity contribution is 7.91. The molecule has 0 spiro atoms. The molecule has 0 aromatic heterocycles. The molecule has 126 valence electrons. The van der Waals surface area contributed by atoms with Gasteiger partial charge >= 0.3 is 0 Å². The van der Waals surface area contributed by atoms with Gasteiger partial charge in [0.15, 0.2) is 9.84 Å². The Hall–Kier alpha value is -1.60. The summed E-state index contributed by atoms with van der Waals surface area (Å²) >= 11 is 0. The van der Waals surface area contributed by atoms with Crippen LogP contribution in [0, 0.1) is 13.8 Å². The second-order valence-electron chi connectivity index (χ2n) is 6.28. The van der Waals surface area contributed by atoms with Crippen molar-refractivity contribution < 1.29 is 17.9 Å². The number of hydrogen-bond acceptors (Lipinski definition) is 5. The second kappa shape index (κ2) is 6.13. The smallest absolute Gasteiger partial charge is 0.234 e. The Morgan fingerprint density at radius 1 is 1.30 bits per heavy atom. The lowest BCUT2D eigenvalue weighted by Crippen LogP contribution is -2.46. The van der Waals surface area contributed by atoms with E-state index in [2.05, 4.69) is 5.32 Å². The molecule has 1 aromatic rings. The van der Waals surface area contributed by atoms with Gasteiger partial charge in [-0.2, -0.15) is 0 Å². The summed E-state index contributed by atoms with van der Waals surface area (Å²) in [5.41, 5.74) is 3.30. The zero-order valence-corrected chi connectivity index (χ0v) is 14.3. The molecular formula is C16H22N2O4S. The maximum Gasteiger partial charge on any atom is 0.234 e. The molecule has 1 saturated heterocycles. The Kier molecular flexibility index (Phi) is 4.33. The highest BCUT2D eigenvalue weighted by Crippen LogP contribution is 2.36. The summed E-state index contributed by atoms with van der Waals surface area (Å²) in [5.74, 6) is 1.05. The van der Waals surface area contributed by atoms with E-state index in [1.807, 2.05) is 30.9 Å². The number of hydrogen-bond donors (Lipinski definition) is 1. The molecule has 0 bridgehead atoms. The van der Waals surface area contributed by atoms with Crippen LogP contribution in [0.3, 0.4) is 0 Å². The minimum absolute atomic E-state index is 0.0935.